The van der Waals surface area contributed by atoms with Gasteiger partial charge in [0.1, 0.15) is 6.04 Å². The maximum absolute atomic E-state index is 12.9. The first-order valence-electron chi connectivity index (χ1n) is 10.5. The predicted molar refractivity (Wildman–Crippen MR) is 127 cm³/mol. The van der Waals surface area contributed by atoms with Gasteiger partial charge in [-0.15, -0.1) is 12.4 Å². The Morgan fingerprint density at radius 3 is 2.12 bits per heavy atom. The van der Waals surface area contributed by atoms with Crippen LogP contribution in [0.4, 0.5) is 13.2 Å². The molecule has 176 valence electrons. The molecule has 0 unspecified atom stereocenters. The number of rotatable bonds is 8. The van der Waals surface area contributed by atoms with Gasteiger partial charge < -0.3 is 5.32 Å². The molecule has 3 aromatic carbocycles. The van der Waals surface area contributed by atoms with Crippen molar-refractivity contribution in [2.24, 2.45) is 0 Å². The van der Waals surface area contributed by atoms with E-state index in [0.717, 1.165) is 34.4 Å². The van der Waals surface area contributed by atoms with E-state index < -0.39 is 17.8 Å². The fourth-order valence-corrected chi connectivity index (χ4v) is 3.72. The lowest BCUT2D eigenvalue weighted by atomic mass is 9.95. The van der Waals surface area contributed by atoms with Crippen LogP contribution in [0, 0.1) is 6.92 Å². The number of carbonyl (C=O) groups is 1. The van der Waals surface area contributed by atoms with E-state index >= 15 is 0 Å². The number of likely N-dealkylation sites (N-methyl/N-ethyl adjacent to an activating group) is 1. The van der Waals surface area contributed by atoms with Crippen LogP contribution in [0.3, 0.4) is 0 Å². The van der Waals surface area contributed by atoms with Gasteiger partial charge in [-0.05, 0) is 48.6 Å². The van der Waals surface area contributed by atoms with Crippen molar-refractivity contribution in [3.63, 3.8) is 0 Å². The van der Waals surface area contributed by atoms with E-state index in [2.05, 4.69) is 16.7 Å². The van der Waals surface area contributed by atoms with Crippen molar-refractivity contribution in [1.82, 2.24) is 10.6 Å². The minimum absolute atomic E-state index is 0. The molecule has 1 amide bonds. The third-order valence-corrected chi connectivity index (χ3v) is 5.46. The van der Waals surface area contributed by atoms with Gasteiger partial charge in [0, 0.05) is 13.1 Å². The lowest BCUT2D eigenvalue weighted by Crippen LogP contribution is -2.38. The zero-order chi connectivity index (χ0) is 23.1. The summed E-state index contributed by atoms with van der Waals surface area (Å²) in [7, 11) is 1.60. The van der Waals surface area contributed by atoms with Gasteiger partial charge in [0.25, 0.3) is 0 Å². The number of hydrogen-bond donors (Lipinski definition) is 2. The first-order valence-corrected chi connectivity index (χ1v) is 10.5. The molecule has 0 aliphatic carbocycles. The number of benzene rings is 3. The highest BCUT2D eigenvalue weighted by Crippen LogP contribution is 2.30. The summed E-state index contributed by atoms with van der Waals surface area (Å²) in [5.74, 6) is -0.150. The van der Waals surface area contributed by atoms with Crippen molar-refractivity contribution >= 4 is 18.3 Å². The molecule has 3 rings (SSSR count). The zero-order valence-corrected chi connectivity index (χ0v) is 19.3. The molecule has 3 nitrogen and oxygen atoms in total. The predicted octanol–water partition coefficient (Wildman–Crippen LogP) is 6.19. The monoisotopic (exact) mass is 476 g/mol. The quantitative estimate of drug-likeness (QED) is 0.407. The van der Waals surface area contributed by atoms with E-state index in [9.17, 15) is 18.0 Å². The largest absolute Gasteiger partial charge is 0.416 e. The first-order chi connectivity index (χ1) is 15.3. The van der Waals surface area contributed by atoms with Crippen molar-refractivity contribution in [1.29, 1.82) is 0 Å². The van der Waals surface area contributed by atoms with Crippen molar-refractivity contribution in [3.8, 4) is 0 Å². The summed E-state index contributed by atoms with van der Waals surface area (Å²) in [6, 6.07) is 22.0. The highest BCUT2D eigenvalue weighted by atomic mass is 35.5. The Morgan fingerprint density at radius 1 is 0.909 bits per heavy atom. The Morgan fingerprint density at radius 2 is 1.55 bits per heavy atom. The average molecular weight is 477 g/mol. The summed E-state index contributed by atoms with van der Waals surface area (Å²) in [5.41, 5.74) is 3.13. The summed E-state index contributed by atoms with van der Waals surface area (Å²) in [5, 5.41) is 6.20. The topological polar surface area (TPSA) is 41.1 Å². The summed E-state index contributed by atoms with van der Waals surface area (Å²) in [6.07, 6.45) is -3.16. The van der Waals surface area contributed by atoms with Gasteiger partial charge >= 0.3 is 6.18 Å². The summed E-state index contributed by atoms with van der Waals surface area (Å²) < 4.78 is 38.6. The number of amides is 1. The molecule has 2 atom stereocenters. The highest BCUT2D eigenvalue weighted by Gasteiger charge is 2.30. The summed E-state index contributed by atoms with van der Waals surface area (Å²) in [4.78, 5) is 12.7. The standard InChI is InChI=1S/C26H27F3N2O.ClH/c1-18-7-6-10-21(17-18)23(16-13-19-11-14-22(15-12-19)26(27,28)29)31-24(25(32)30-2)20-8-4-3-5-9-20;/h3-12,14-15,17,23-24,31H,13,16H2,1-2H3,(H,30,32);1H/t23-,24+;/m0./s1. The molecule has 0 spiro atoms. The van der Waals surface area contributed by atoms with Crippen molar-refractivity contribution < 1.29 is 18.0 Å². The summed E-state index contributed by atoms with van der Waals surface area (Å²) in [6.45, 7) is 2.00. The van der Waals surface area contributed by atoms with Crippen molar-refractivity contribution in [2.45, 2.75) is 38.0 Å². The Labute approximate surface area is 198 Å². The van der Waals surface area contributed by atoms with E-state index in [1.807, 2.05) is 55.5 Å². The molecule has 3 aromatic rings. The minimum Gasteiger partial charge on any atom is -0.358 e. The fourth-order valence-electron chi connectivity index (χ4n) is 3.72. The zero-order valence-electron chi connectivity index (χ0n) is 18.5. The third-order valence-electron chi connectivity index (χ3n) is 5.46. The number of nitrogens with one attached hydrogen (secondary N) is 2. The second-order valence-electron chi connectivity index (χ2n) is 7.82. The van der Waals surface area contributed by atoms with E-state index in [1.54, 1.807) is 7.05 Å². The van der Waals surface area contributed by atoms with Crippen molar-refractivity contribution in [3.05, 3.63) is 107 Å². The molecule has 0 radical (unpaired) electrons. The number of carbonyl (C=O) groups excluding carboxylic acids is 1. The fraction of sp³-hybridized carbons (Fsp3) is 0.269. The Balaban J connectivity index is 0.00000385. The third kappa shape index (κ3) is 7.34. The molecular weight excluding hydrogens is 449 g/mol. The molecule has 2 N–H and O–H groups in total. The van der Waals surface area contributed by atoms with Crippen LogP contribution in [0.15, 0.2) is 78.9 Å². The minimum atomic E-state index is -4.35. The first kappa shape index (κ1) is 26.4. The Kier molecular flexibility index (Phi) is 9.50. The average Bonchev–Trinajstić information content (AvgIpc) is 2.79. The van der Waals surface area contributed by atoms with Gasteiger partial charge in [0.2, 0.25) is 5.91 Å². The second kappa shape index (κ2) is 11.9. The van der Waals surface area contributed by atoms with E-state index in [0.29, 0.717) is 12.8 Å². The maximum Gasteiger partial charge on any atom is 0.416 e. The molecule has 0 bridgehead atoms. The van der Waals surface area contributed by atoms with Gasteiger partial charge in [0.15, 0.2) is 0 Å². The molecular formula is C26H28ClF3N2O. The highest BCUT2D eigenvalue weighted by molar-refractivity contribution is 5.85. The van der Waals surface area contributed by atoms with Crippen LogP contribution >= 0.6 is 12.4 Å². The SMILES string of the molecule is CNC(=O)[C@H](N[C@@H](CCc1ccc(C(F)(F)F)cc1)c1cccc(C)c1)c1ccccc1.Cl. The smallest absolute Gasteiger partial charge is 0.358 e. The van der Waals surface area contributed by atoms with E-state index in [-0.39, 0.29) is 24.4 Å². The number of hydrogen-bond acceptors (Lipinski definition) is 2. The molecule has 0 fully saturated rings. The molecule has 0 saturated carbocycles. The maximum atomic E-state index is 12.9. The van der Waals surface area contributed by atoms with Crippen molar-refractivity contribution in [2.75, 3.05) is 7.05 Å². The molecule has 0 heterocycles. The molecule has 0 aliphatic heterocycles. The lowest BCUT2D eigenvalue weighted by Gasteiger charge is -2.26. The van der Waals surface area contributed by atoms with Crippen LogP contribution < -0.4 is 10.6 Å². The second-order valence-corrected chi connectivity index (χ2v) is 7.82. The summed E-state index contributed by atoms with van der Waals surface area (Å²) >= 11 is 0. The molecule has 0 aromatic heterocycles. The van der Waals surface area contributed by atoms with Crippen LogP contribution in [0.5, 0.6) is 0 Å². The van der Waals surface area contributed by atoms with Crippen LogP contribution in [0.1, 0.15) is 46.3 Å². The van der Waals surface area contributed by atoms with Crippen LogP contribution in [-0.4, -0.2) is 13.0 Å². The molecule has 7 heteroatoms. The Hall–Kier alpha value is -2.83. The molecule has 0 saturated heterocycles. The molecule has 33 heavy (non-hydrogen) atoms. The van der Waals surface area contributed by atoms with Gasteiger partial charge in [-0.25, -0.2) is 0 Å². The van der Waals surface area contributed by atoms with E-state index in [1.165, 1.54) is 12.1 Å². The number of alkyl halides is 3. The number of aryl methyl sites for hydroxylation is 2. The van der Waals surface area contributed by atoms with E-state index in [4.69, 9.17) is 0 Å². The van der Waals surface area contributed by atoms with Gasteiger partial charge in [-0.1, -0.05) is 72.3 Å². The number of halogens is 4. The van der Waals surface area contributed by atoms with Gasteiger partial charge in [-0.2, -0.15) is 13.2 Å². The van der Waals surface area contributed by atoms with Crippen LogP contribution in [0.2, 0.25) is 0 Å². The lowest BCUT2D eigenvalue weighted by molar-refractivity contribution is -0.137. The van der Waals surface area contributed by atoms with Gasteiger partial charge in [-0.3, -0.25) is 10.1 Å². The molecule has 0 aliphatic rings. The van der Waals surface area contributed by atoms with Crippen LogP contribution in [-0.2, 0) is 17.4 Å². The van der Waals surface area contributed by atoms with Crippen LogP contribution in [0.25, 0.3) is 0 Å². The Bertz CT molecular complexity index is 1020. The normalized spacial score (nSPS) is 13.0. The van der Waals surface area contributed by atoms with Gasteiger partial charge in [0.05, 0.1) is 5.56 Å².